The van der Waals surface area contributed by atoms with E-state index in [2.05, 4.69) is 5.43 Å². The Morgan fingerprint density at radius 3 is 2.33 bits per heavy atom. The smallest absolute Gasteiger partial charge is 0.154 e. The normalized spacial score (nSPS) is 15.3. The quantitative estimate of drug-likeness (QED) is 0.372. The Labute approximate surface area is 92.3 Å². The fourth-order valence-electron chi connectivity index (χ4n) is 1.05. The molecule has 0 heterocycles. The van der Waals surface area contributed by atoms with Crippen molar-refractivity contribution >= 4 is 9.84 Å². The van der Waals surface area contributed by atoms with Crippen LogP contribution in [-0.2, 0) is 14.6 Å². The largest absolute Gasteiger partial charge is 0.380 e. The summed E-state index contributed by atoms with van der Waals surface area (Å²) < 4.78 is 27.4. The molecule has 0 spiro atoms. The van der Waals surface area contributed by atoms with Crippen LogP contribution < -0.4 is 11.3 Å². The summed E-state index contributed by atoms with van der Waals surface area (Å²) in [5.41, 5.74) is 2.50. The molecule has 5 nitrogen and oxygen atoms in total. The maximum absolute atomic E-state index is 11.5. The lowest BCUT2D eigenvalue weighted by atomic mass is 10.1. The zero-order chi connectivity index (χ0) is 12.1. The number of hydrazine groups is 1. The SMILES string of the molecule is CCCOCC(NN)C(C)(C)S(C)(=O)=O. The second-order valence-corrected chi connectivity index (χ2v) is 6.77. The molecule has 0 fully saturated rings. The molecule has 0 saturated heterocycles. The van der Waals surface area contributed by atoms with E-state index < -0.39 is 20.6 Å². The summed E-state index contributed by atoms with van der Waals surface area (Å²) in [6, 6.07) is -0.404. The van der Waals surface area contributed by atoms with Gasteiger partial charge in [0.1, 0.15) is 0 Å². The first-order valence-electron chi connectivity index (χ1n) is 5.00. The first-order chi connectivity index (χ1) is 6.77. The van der Waals surface area contributed by atoms with Crippen LogP contribution in [0.4, 0.5) is 0 Å². The van der Waals surface area contributed by atoms with Crippen LogP contribution in [-0.4, -0.2) is 38.7 Å². The van der Waals surface area contributed by atoms with E-state index in [9.17, 15) is 8.42 Å². The lowest BCUT2D eigenvalue weighted by Crippen LogP contribution is -2.56. The Bertz CT molecular complexity index is 275. The minimum atomic E-state index is -3.17. The predicted octanol–water partition coefficient (Wildman–Crippen LogP) is 0.0681. The molecular formula is C9H22N2O3S. The van der Waals surface area contributed by atoms with Crippen molar-refractivity contribution in [3.05, 3.63) is 0 Å². The van der Waals surface area contributed by atoms with E-state index in [0.29, 0.717) is 13.2 Å². The van der Waals surface area contributed by atoms with E-state index in [1.165, 1.54) is 6.26 Å². The molecule has 1 atom stereocenters. The van der Waals surface area contributed by atoms with Gasteiger partial charge in [-0.05, 0) is 20.3 Å². The highest BCUT2D eigenvalue weighted by molar-refractivity contribution is 7.92. The molecule has 15 heavy (non-hydrogen) atoms. The summed E-state index contributed by atoms with van der Waals surface area (Å²) in [6.07, 6.45) is 2.10. The molecule has 6 heteroatoms. The number of nitrogens with one attached hydrogen (secondary N) is 1. The van der Waals surface area contributed by atoms with Gasteiger partial charge in [0.25, 0.3) is 0 Å². The van der Waals surface area contributed by atoms with Crippen molar-refractivity contribution in [2.75, 3.05) is 19.5 Å². The summed E-state index contributed by atoms with van der Waals surface area (Å²) in [7, 11) is -3.17. The molecule has 0 bridgehead atoms. The number of nitrogens with two attached hydrogens (primary N) is 1. The van der Waals surface area contributed by atoms with Crippen molar-refractivity contribution in [2.45, 2.75) is 38.0 Å². The van der Waals surface area contributed by atoms with Crippen LogP contribution in [0.5, 0.6) is 0 Å². The summed E-state index contributed by atoms with van der Waals surface area (Å²) in [4.78, 5) is 0. The van der Waals surface area contributed by atoms with Crippen molar-refractivity contribution in [1.29, 1.82) is 0 Å². The molecule has 0 saturated carbocycles. The molecule has 0 aromatic heterocycles. The molecule has 0 aliphatic carbocycles. The zero-order valence-electron chi connectivity index (χ0n) is 9.91. The topological polar surface area (TPSA) is 81.4 Å². The maximum atomic E-state index is 11.5. The number of ether oxygens (including phenoxy) is 1. The Hall–Kier alpha value is -0.170. The average Bonchev–Trinajstić information content (AvgIpc) is 2.10. The minimum Gasteiger partial charge on any atom is -0.380 e. The molecule has 92 valence electrons. The first kappa shape index (κ1) is 14.8. The number of hydrogen-bond acceptors (Lipinski definition) is 5. The van der Waals surface area contributed by atoms with E-state index in [-0.39, 0.29) is 0 Å². The van der Waals surface area contributed by atoms with Crippen LogP contribution in [0.2, 0.25) is 0 Å². The summed E-state index contributed by atoms with van der Waals surface area (Å²) in [6.45, 7) is 6.18. The van der Waals surface area contributed by atoms with Gasteiger partial charge in [-0.1, -0.05) is 6.92 Å². The van der Waals surface area contributed by atoms with Crippen molar-refractivity contribution in [3.63, 3.8) is 0 Å². The van der Waals surface area contributed by atoms with Gasteiger partial charge in [0.2, 0.25) is 0 Å². The Morgan fingerprint density at radius 1 is 1.47 bits per heavy atom. The van der Waals surface area contributed by atoms with Crippen molar-refractivity contribution < 1.29 is 13.2 Å². The van der Waals surface area contributed by atoms with Gasteiger partial charge in [0.05, 0.1) is 17.4 Å². The highest BCUT2D eigenvalue weighted by atomic mass is 32.2. The molecule has 0 aliphatic rings. The van der Waals surface area contributed by atoms with Crippen LogP contribution in [0.15, 0.2) is 0 Å². The number of hydrogen-bond donors (Lipinski definition) is 2. The summed E-state index contributed by atoms with van der Waals surface area (Å²) in [5, 5.41) is 0. The lowest BCUT2D eigenvalue weighted by Gasteiger charge is -2.31. The van der Waals surface area contributed by atoms with Gasteiger partial charge in [0, 0.05) is 12.9 Å². The summed E-state index contributed by atoms with van der Waals surface area (Å²) >= 11 is 0. The van der Waals surface area contributed by atoms with E-state index in [1.54, 1.807) is 13.8 Å². The van der Waals surface area contributed by atoms with Gasteiger partial charge in [-0.15, -0.1) is 0 Å². The average molecular weight is 238 g/mol. The van der Waals surface area contributed by atoms with Gasteiger partial charge < -0.3 is 4.74 Å². The number of sulfone groups is 1. The van der Waals surface area contributed by atoms with E-state index in [0.717, 1.165) is 6.42 Å². The van der Waals surface area contributed by atoms with E-state index in [1.807, 2.05) is 6.92 Å². The van der Waals surface area contributed by atoms with Gasteiger partial charge in [-0.25, -0.2) is 8.42 Å². The third-order valence-corrected chi connectivity index (χ3v) is 4.82. The van der Waals surface area contributed by atoms with Crippen molar-refractivity contribution in [3.8, 4) is 0 Å². The van der Waals surface area contributed by atoms with Gasteiger partial charge in [-0.3, -0.25) is 11.3 Å². The van der Waals surface area contributed by atoms with Crippen LogP contribution in [0.25, 0.3) is 0 Å². The molecule has 3 N–H and O–H groups in total. The Morgan fingerprint density at radius 2 is 2.00 bits per heavy atom. The Balaban J connectivity index is 4.52. The molecular weight excluding hydrogens is 216 g/mol. The molecule has 1 unspecified atom stereocenters. The summed E-state index contributed by atoms with van der Waals surface area (Å²) in [5.74, 6) is 5.34. The van der Waals surface area contributed by atoms with Gasteiger partial charge >= 0.3 is 0 Å². The lowest BCUT2D eigenvalue weighted by molar-refractivity contribution is 0.102. The monoisotopic (exact) mass is 238 g/mol. The standard InChI is InChI=1S/C9H22N2O3S/c1-5-6-14-7-8(11-10)9(2,3)15(4,12)13/h8,11H,5-7,10H2,1-4H3. The third-order valence-electron chi connectivity index (χ3n) is 2.63. The molecule has 0 aliphatic heterocycles. The van der Waals surface area contributed by atoms with Crippen LogP contribution in [0, 0.1) is 0 Å². The van der Waals surface area contributed by atoms with Gasteiger partial charge in [0.15, 0.2) is 9.84 Å². The molecule has 0 radical (unpaired) electrons. The van der Waals surface area contributed by atoms with E-state index in [4.69, 9.17) is 10.6 Å². The van der Waals surface area contributed by atoms with Crippen molar-refractivity contribution in [1.82, 2.24) is 5.43 Å². The fraction of sp³-hybridized carbons (Fsp3) is 1.00. The third kappa shape index (κ3) is 4.06. The molecule has 0 aromatic rings. The van der Waals surface area contributed by atoms with Crippen LogP contribution in [0.1, 0.15) is 27.2 Å². The second kappa shape index (κ2) is 5.79. The minimum absolute atomic E-state index is 0.296. The predicted molar refractivity (Wildman–Crippen MR) is 61.1 cm³/mol. The highest BCUT2D eigenvalue weighted by Crippen LogP contribution is 2.19. The van der Waals surface area contributed by atoms with Gasteiger partial charge in [-0.2, -0.15) is 0 Å². The van der Waals surface area contributed by atoms with E-state index >= 15 is 0 Å². The van der Waals surface area contributed by atoms with Crippen molar-refractivity contribution in [2.24, 2.45) is 5.84 Å². The highest BCUT2D eigenvalue weighted by Gasteiger charge is 2.38. The maximum Gasteiger partial charge on any atom is 0.154 e. The van der Waals surface area contributed by atoms with Crippen LogP contribution >= 0.6 is 0 Å². The first-order valence-corrected chi connectivity index (χ1v) is 6.90. The molecule has 0 aromatic carbocycles. The second-order valence-electron chi connectivity index (χ2n) is 4.17. The fourth-order valence-corrected chi connectivity index (χ4v) is 1.71. The number of rotatable bonds is 7. The molecule has 0 amide bonds. The van der Waals surface area contributed by atoms with Crippen LogP contribution in [0.3, 0.4) is 0 Å². The molecule has 0 rings (SSSR count). The Kier molecular flexibility index (Phi) is 5.72. The zero-order valence-corrected chi connectivity index (χ0v) is 10.7.